The first-order valence-corrected chi connectivity index (χ1v) is 8.22. The van der Waals surface area contributed by atoms with Gasteiger partial charge >= 0.3 is 0 Å². The number of hydrogen-bond donors (Lipinski definition) is 1. The number of benzene rings is 2. The van der Waals surface area contributed by atoms with Crippen LogP contribution in [0.1, 0.15) is 28.3 Å². The highest BCUT2D eigenvalue weighted by molar-refractivity contribution is 6.31. The Balaban J connectivity index is 2.02. The Morgan fingerprint density at radius 3 is 2.76 bits per heavy atom. The molecule has 0 fully saturated rings. The monoisotopic (exact) mass is 350 g/mol. The molecule has 0 radical (unpaired) electrons. The highest BCUT2D eigenvalue weighted by Gasteiger charge is 2.23. The van der Waals surface area contributed by atoms with E-state index in [0.29, 0.717) is 17.3 Å². The van der Waals surface area contributed by atoms with E-state index in [-0.39, 0.29) is 0 Å². The van der Waals surface area contributed by atoms with Crippen LogP contribution in [0.25, 0.3) is 5.69 Å². The van der Waals surface area contributed by atoms with E-state index in [1.54, 1.807) is 0 Å². The van der Waals surface area contributed by atoms with Crippen molar-refractivity contribution in [1.82, 2.24) is 9.55 Å². The van der Waals surface area contributed by atoms with Gasteiger partial charge in [-0.2, -0.15) is 0 Å². The van der Waals surface area contributed by atoms with E-state index in [1.165, 1.54) is 6.21 Å². The number of halogens is 1. The summed E-state index contributed by atoms with van der Waals surface area (Å²) in [6.45, 7) is 2.35. The lowest BCUT2D eigenvalue weighted by atomic mass is 10.0. The van der Waals surface area contributed by atoms with Crippen LogP contribution in [0.2, 0.25) is 5.02 Å². The number of rotatable bonds is 2. The molecular formula is C19H15ClN4O. The molecule has 0 saturated carbocycles. The van der Waals surface area contributed by atoms with Crippen molar-refractivity contribution >= 4 is 23.5 Å². The van der Waals surface area contributed by atoms with Gasteiger partial charge in [0.05, 0.1) is 29.9 Å². The molecule has 0 bridgehead atoms. The molecule has 0 saturated heterocycles. The number of imidazole rings is 1. The molecule has 1 aliphatic heterocycles. The van der Waals surface area contributed by atoms with Gasteiger partial charge in [-0.3, -0.25) is 9.56 Å². The molecular weight excluding hydrogens is 336 g/mol. The summed E-state index contributed by atoms with van der Waals surface area (Å²) in [5.74, 6) is 0.804. The van der Waals surface area contributed by atoms with Crippen LogP contribution in [0.3, 0.4) is 0 Å². The van der Waals surface area contributed by atoms with Crippen LogP contribution >= 0.6 is 11.6 Å². The fourth-order valence-corrected chi connectivity index (χ4v) is 3.38. The normalized spacial score (nSPS) is 13.3. The second kappa shape index (κ2) is 6.18. The summed E-state index contributed by atoms with van der Waals surface area (Å²) in [5.41, 5.74) is 5.31. The van der Waals surface area contributed by atoms with Crippen molar-refractivity contribution in [3.63, 3.8) is 0 Å². The molecule has 0 atom stereocenters. The van der Waals surface area contributed by atoms with E-state index in [0.717, 1.165) is 34.0 Å². The zero-order chi connectivity index (χ0) is 17.4. The molecule has 3 aromatic rings. The molecule has 4 rings (SSSR count). The Morgan fingerprint density at radius 2 is 2.00 bits per heavy atom. The lowest BCUT2D eigenvalue weighted by molar-refractivity contribution is 0.321. The molecule has 1 aliphatic rings. The third-order valence-corrected chi connectivity index (χ3v) is 4.48. The van der Waals surface area contributed by atoms with Crippen LogP contribution in [0.4, 0.5) is 0 Å². The number of hydrogen-bond acceptors (Lipinski definition) is 4. The van der Waals surface area contributed by atoms with Gasteiger partial charge in [-0.1, -0.05) is 47.1 Å². The third kappa shape index (κ3) is 2.62. The maximum Gasteiger partial charge on any atom is 0.111 e. The third-order valence-electron chi connectivity index (χ3n) is 4.24. The molecule has 2 aromatic carbocycles. The summed E-state index contributed by atoms with van der Waals surface area (Å²) < 4.78 is 2.04. The molecule has 1 N–H and O–H groups in total. The minimum Gasteiger partial charge on any atom is -0.411 e. The van der Waals surface area contributed by atoms with Crippen molar-refractivity contribution in [3.05, 3.63) is 81.9 Å². The van der Waals surface area contributed by atoms with Crippen LogP contribution in [0, 0.1) is 6.92 Å². The van der Waals surface area contributed by atoms with Crippen molar-refractivity contribution in [1.29, 1.82) is 0 Å². The smallest absolute Gasteiger partial charge is 0.111 e. The van der Waals surface area contributed by atoms with Gasteiger partial charge in [-0.15, -0.1) is 0 Å². The number of aryl methyl sites for hydroxylation is 1. The van der Waals surface area contributed by atoms with Crippen molar-refractivity contribution in [2.75, 3.05) is 0 Å². The molecule has 25 heavy (non-hydrogen) atoms. The maximum atomic E-state index is 8.93. The minimum atomic E-state index is 0.429. The van der Waals surface area contributed by atoms with Gasteiger partial charge in [0.15, 0.2) is 0 Å². The predicted octanol–water partition coefficient (Wildman–Crippen LogP) is 3.99. The number of aliphatic imine (C=N–C) groups is 1. The fourth-order valence-electron chi connectivity index (χ4n) is 3.20. The van der Waals surface area contributed by atoms with Gasteiger partial charge in [0.1, 0.15) is 11.5 Å². The lowest BCUT2D eigenvalue weighted by Crippen LogP contribution is -2.08. The average Bonchev–Trinajstić information content (AvgIpc) is 2.82. The summed E-state index contributed by atoms with van der Waals surface area (Å²) in [7, 11) is 0. The minimum absolute atomic E-state index is 0.429. The molecule has 124 valence electrons. The molecule has 0 amide bonds. The summed E-state index contributed by atoms with van der Waals surface area (Å²) in [6.07, 6.45) is 1.34. The van der Waals surface area contributed by atoms with E-state index in [1.807, 2.05) is 60.0 Å². The SMILES string of the molecule is Cc1nc(C=NO)c2n1-c1ccc(Cl)cc1C(c1ccccc1)=NC2. The summed E-state index contributed by atoms with van der Waals surface area (Å²) in [6, 6.07) is 15.8. The molecule has 2 heterocycles. The lowest BCUT2D eigenvalue weighted by Gasteiger charge is -2.13. The number of fused-ring (bicyclic) bond motifs is 3. The predicted molar refractivity (Wildman–Crippen MR) is 98.5 cm³/mol. The quantitative estimate of drug-likeness (QED) is 0.431. The molecule has 6 heteroatoms. The Bertz CT molecular complexity index is 1010. The summed E-state index contributed by atoms with van der Waals surface area (Å²) in [5, 5.41) is 12.7. The molecule has 1 aromatic heterocycles. The Morgan fingerprint density at radius 1 is 1.20 bits per heavy atom. The number of aromatic nitrogens is 2. The molecule has 5 nitrogen and oxygen atoms in total. The van der Waals surface area contributed by atoms with Gasteiger partial charge in [0.25, 0.3) is 0 Å². The summed E-state index contributed by atoms with van der Waals surface area (Å²) >= 11 is 6.27. The zero-order valence-electron chi connectivity index (χ0n) is 13.5. The second-order valence-electron chi connectivity index (χ2n) is 5.76. The maximum absolute atomic E-state index is 8.93. The van der Waals surface area contributed by atoms with E-state index in [2.05, 4.69) is 10.1 Å². The van der Waals surface area contributed by atoms with Crippen molar-refractivity contribution < 1.29 is 5.21 Å². The number of nitrogens with zero attached hydrogens (tertiary/aromatic N) is 4. The first-order chi connectivity index (χ1) is 12.2. The number of oxime groups is 1. The van der Waals surface area contributed by atoms with E-state index < -0.39 is 0 Å². The van der Waals surface area contributed by atoms with Crippen LogP contribution < -0.4 is 0 Å². The fraction of sp³-hybridized carbons (Fsp3) is 0.105. The van der Waals surface area contributed by atoms with Gasteiger partial charge < -0.3 is 5.21 Å². The van der Waals surface area contributed by atoms with E-state index in [9.17, 15) is 0 Å². The highest BCUT2D eigenvalue weighted by atomic mass is 35.5. The van der Waals surface area contributed by atoms with Crippen LogP contribution in [-0.4, -0.2) is 26.7 Å². The Labute approximate surface area is 149 Å². The first-order valence-electron chi connectivity index (χ1n) is 7.85. The second-order valence-corrected chi connectivity index (χ2v) is 6.20. The molecule has 0 aliphatic carbocycles. The van der Waals surface area contributed by atoms with Gasteiger partial charge in [0, 0.05) is 16.1 Å². The van der Waals surface area contributed by atoms with Crippen LogP contribution in [-0.2, 0) is 6.54 Å². The Hall–Kier alpha value is -2.92. The van der Waals surface area contributed by atoms with Gasteiger partial charge in [-0.25, -0.2) is 4.98 Å². The van der Waals surface area contributed by atoms with Crippen molar-refractivity contribution in [3.8, 4) is 5.69 Å². The standard InChI is InChI=1S/C19H15ClN4O/c1-12-23-16(10-22-25)18-11-21-19(13-5-3-2-4-6-13)15-9-14(20)7-8-17(15)24(12)18/h2-10,25H,11H2,1H3. The summed E-state index contributed by atoms with van der Waals surface area (Å²) in [4.78, 5) is 9.32. The molecule has 0 spiro atoms. The zero-order valence-corrected chi connectivity index (χ0v) is 14.3. The van der Waals surface area contributed by atoms with Crippen molar-refractivity contribution in [2.45, 2.75) is 13.5 Å². The van der Waals surface area contributed by atoms with Crippen LogP contribution in [0.5, 0.6) is 0 Å². The van der Waals surface area contributed by atoms with Gasteiger partial charge in [-0.05, 0) is 25.1 Å². The Kier molecular flexibility index (Phi) is 3.86. The van der Waals surface area contributed by atoms with E-state index in [4.69, 9.17) is 21.8 Å². The van der Waals surface area contributed by atoms with Crippen LogP contribution in [0.15, 0.2) is 58.7 Å². The average molecular weight is 351 g/mol. The van der Waals surface area contributed by atoms with E-state index >= 15 is 0 Å². The topological polar surface area (TPSA) is 62.8 Å². The highest BCUT2D eigenvalue weighted by Crippen LogP contribution is 2.29. The first kappa shape index (κ1) is 15.6. The van der Waals surface area contributed by atoms with Crippen molar-refractivity contribution in [2.24, 2.45) is 10.1 Å². The van der Waals surface area contributed by atoms with Gasteiger partial charge in [0.2, 0.25) is 0 Å². The molecule has 0 unspecified atom stereocenters. The largest absolute Gasteiger partial charge is 0.411 e.